The van der Waals surface area contributed by atoms with Gasteiger partial charge < -0.3 is 74.2 Å². The highest BCUT2D eigenvalue weighted by molar-refractivity contribution is 5.73. The van der Waals surface area contributed by atoms with Crippen LogP contribution in [0.15, 0.2) is 0 Å². The number of carbonyl (C=O) groups excluding carboxylic acids is 1. The van der Waals surface area contributed by atoms with Gasteiger partial charge in [0.1, 0.15) is 35.1 Å². The van der Waals surface area contributed by atoms with E-state index in [4.69, 9.17) is 28.4 Å². The van der Waals surface area contributed by atoms with Crippen LogP contribution >= 0.6 is 0 Å². The molecule has 3 aliphatic rings. The molecule has 0 aromatic rings. The second-order valence-corrected chi connectivity index (χ2v) is 18.5. The molecule has 3 saturated heterocycles. The van der Waals surface area contributed by atoms with E-state index in [1.807, 2.05) is 32.8 Å². The molecule has 3 fully saturated rings. The van der Waals surface area contributed by atoms with E-state index in [9.17, 15) is 35.4 Å². The molecule has 16 heteroatoms. The summed E-state index contributed by atoms with van der Waals surface area (Å²) in [5, 5.41) is 72.2. The standard InChI is InChI=1S/C41H79N3O13/c1-15-30-40(10,50)34(47)27(6)42-21-23(2)19-38(8,49)35(57-37-32(46)29(43(11)12)18-24(3)53-37)25(4)33(26(5)36(48)55-30)56-31-20-39(9,52-14)41(51,28(7)54-31)22-44(13)16-17-45/h23-35,37,42,45-47,49-51H,15-22H2,1-14H3/t23-,24-,25+,26-,27+,28+,29+,30+,31+,32-,33+,34-,35-,37+,38+,39-,40-,41-/m1/s1. The van der Waals surface area contributed by atoms with E-state index in [2.05, 4.69) is 5.32 Å². The number of nitrogens with one attached hydrogen (secondary N) is 1. The summed E-state index contributed by atoms with van der Waals surface area (Å²) in [4.78, 5) is 18.0. The molecule has 0 unspecified atom stereocenters. The molecule has 0 spiro atoms. The smallest absolute Gasteiger partial charge is 0.311 e. The highest BCUT2D eigenvalue weighted by Gasteiger charge is 2.59. The predicted octanol–water partition coefficient (Wildman–Crippen LogP) is 0.853. The van der Waals surface area contributed by atoms with Crippen molar-refractivity contribution in [1.29, 1.82) is 0 Å². The van der Waals surface area contributed by atoms with E-state index in [0.29, 0.717) is 19.5 Å². The van der Waals surface area contributed by atoms with Gasteiger partial charge in [0.15, 0.2) is 12.6 Å². The Balaban J connectivity index is 2.17. The molecule has 0 aromatic heterocycles. The first-order valence-electron chi connectivity index (χ1n) is 20.9. The number of methoxy groups -OCH3 is 1. The third kappa shape index (κ3) is 11.4. The zero-order chi connectivity index (χ0) is 43.4. The average Bonchev–Trinajstić information content (AvgIpc) is 3.12. The monoisotopic (exact) mass is 822 g/mol. The summed E-state index contributed by atoms with van der Waals surface area (Å²) in [5.74, 6) is -2.76. The number of hydrogen-bond acceptors (Lipinski definition) is 16. The van der Waals surface area contributed by atoms with Crippen molar-refractivity contribution < 1.29 is 63.9 Å². The number of likely N-dealkylation sites (N-methyl/N-ethyl adjacent to an activating group) is 2. The summed E-state index contributed by atoms with van der Waals surface area (Å²) in [6, 6.07) is -0.904. The first kappa shape index (κ1) is 50.3. The first-order chi connectivity index (χ1) is 26.3. The Morgan fingerprint density at radius 3 is 2.14 bits per heavy atom. The van der Waals surface area contributed by atoms with Gasteiger partial charge in [-0.25, -0.2) is 0 Å². The highest BCUT2D eigenvalue weighted by Crippen LogP contribution is 2.43. The predicted molar refractivity (Wildman–Crippen MR) is 213 cm³/mol. The van der Waals surface area contributed by atoms with Gasteiger partial charge in [-0.05, 0) is 101 Å². The average molecular weight is 822 g/mol. The number of aliphatic hydroxyl groups excluding tert-OH is 3. The molecule has 3 heterocycles. The fourth-order valence-electron chi connectivity index (χ4n) is 9.38. The van der Waals surface area contributed by atoms with Crippen molar-refractivity contribution in [3.63, 3.8) is 0 Å². The molecule has 0 saturated carbocycles. The Morgan fingerprint density at radius 2 is 1.58 bits per heavy atom. The third-order valence-corrected chi connectivity index (χ3v) is 13.2. The zero-order valence-corrected chi connectivity index (χ0v) is 37.2. The number of rotatable bonds is 11. The second kappa shape index (κ2) is 20.2. The lowest BCUT2D eigenvalue weighted by molar-refractivity contribution is -0.339. The van der Waals surface area contributed by atoms with Crippen LogP contribution in [0.2, 0.25) is 0 Å². The summed E-state index contributed by atoms with van der Waals surface area (Å²) in [7, 11) is 7.03. The maximum absolute atomic E-state index is 14.3. The lowest BCUT2D eigenvalue weighted by atomic mass is 9.75. The normalized spacial score (nSPS) is 47.4. The number of carbonyl (C=O) groups is 1. The minimum absolute atomic E-state index is 0.0375. The van der Waals surface area contributed by atoms with E-state index in [0.717, 1.165) is 0 Å². The van der Waals surface area contributed by atoms with Crippen LogP contribution in [0.25, 0.3) is 0 Å². The molecule has 0 aliphatic carbocycles. The van der Waals surface area contributed by atoms with Crippen molar-refractivity contribution >= 4 is 5.97 Å². The summed E-state index contributed by atoms with van der Waals surface area (Å²) < 4.78 is 38.3. The number of esters is 1. The Hall–Kier alpha value is -1.09. The number of hydrogen-bond donors (Lipinski definition) is 7. The molecular formula is C41H79N3O13. The van der Waals surface area contributed by atoms with Gasteiger partial charge in [-0.3, -0.25) is 4.79 Å². The van der Waals surface area contributed by atoms with Crippen LogP contribution in [0.3, 0.4) is 0 Å². The first-order valence-corrected chi connectivity index (χ1v) is 20.9. The maximum Gasteiger partial charge on any atom is 0.311 e. The fourth-order valence-corrected chi connectivity index (χ4v) is 9.38. The quantitative estimate of drug-likeness (QED) is 0.144. The van der Waals surface area contributed by atoms with E-state index < -0.39 is 95.5 Å². The van der Waals surface area contributed by atoms with Crippen molar-refractivity contribution in [2.75, 3.05) is 54.5 Å². The molecule has 18 atom stereocenters. The van der Waals surface area contributed by atoms with Crippen molar-refractivity contribution in [1.82, 2.24) is 15.1 Å². The summed E-state index contributed by atoms with van der Waals surface area (Å²) in [5.41, 5.74) is -6.17. The second-order valence-electron chi connectivity index (χ2n) is 18.5. The highest BCUT2D eigenvalue weighted by atomic mass is 16.7. The number of aliphatic hydroxyl groups is 6. The summed E-state index contributed by atoms with van der Waals surface area (Å²) in [6.45, 7) is 18.1. The van der Waals surface area contributed by atoms with Gasteiger partial charge in [-0.1, -0.05) is 20.8 Å². The molecular weight excluding hydrogens is 742 g/mol. The SMILES string of the molecule is CC[C@@H]1OC(=O)[C@H](C)[C@@H](O[C@H]2C[C@@](C)(OC)[C@@](O)(CN(C)CCO)[C@H](C)O2)[C@H](C)[C@@H](O[C@@H]2O[C@H](C)C[C@H](N(C)C)[C@H]2O)[C@@](C)(O)C[C@@H](C)CN[C@@H](C)[C@@H](O)[C@]1(C)O. The topological polar surface area (TPSA) is 212 Å². The van der Waals surface area contributed by atoms with Gasteiger partial charge in [-0.2, -0.15) is 0 Å². The zero-order valence-electron chi connectivity index (χ0n) is 37.2. The van der Waals surface area contributed by atoms with Crippen LogP contribution in [0.4, 0.5) is 0 Å². The molecule has 0 aromatic carbocycles. The number of ether oxygens (including phenoxy) is 6. The number of nitrogens with zero attached hydrogens (tertiary/aromatic N) is 2. The maximum atomic E-state index is 14.3. The number of cyclic esters (lactones) is 1. The van der Waals surface area contributed by atoms with Crippen LogP contribution in [-0.4, -0.2) is 191 Å². The van der Waals surface area contributed by atoms with E-state index in [1.165, 1.54) is 14.0 Å². The Kier molecular flexibility index (Phi) is 17.8. The lowest BCUT2D eigenvalue weighted by Crippen LogP contribution is -2.70. The van der Waals surface area contributed by atoms with Crippen molar-refractivity contribution in [2.24, 2.45) is 17.8 Å². The van der Waals surface area contributed by atoms with Gasteiger partial charge in [0.25, 0.3) is 0 Å². The van der Waals surface area contributed by atoms with Gasteiger partial charge in [0.05, 0.1) is 42.5 Å². The van der Waals surface area contributed by atoms with Gasteiger partial charge >= 0.3 is 5.97 Å². The minimum atomic E-state index is -1.83. The van der Waals surface area contributed by atoms with E-state index in [-0.39, 0.29) is 50.5 Å². The van der Waals surface area contributed by atoms with Crippen LogP contribution in [-0.2, 0) is 33.2 Å². The summed E-state index contributed by atoms with van der Waals surface area (Å²) in [6.07, 6.45) is -7.95. The Labute approximate surface area is 341 Å². The van der Waals surface area contributed by atoms with E-state index in [1.54, 1.807) is 60.4 Å². The molecule has 3 aliphatic heterocycles. The van der Waals surface area contributed by atoms with Crippen molar-refractivity contribution in [2.45, 2.75) is 185 Å². The molecule has 57 heavy (non-hydrogen) atoms. The largest absolute Gasteiger partial charge is 0.459 e. The minimum Gasteiger partial charge on any atom is -0.459 e. The molecule has 3 rings (SSSR count). The van der Waals surface area contributed by atoms with Crippen LogP contribution < -0.4 is 5.32 Å². The molecule has 336 valence electrons. The van der Waals surface area contributed by atoms with Crippen molar-refractivity contribution in [3.05, 3.63) is 0 Å². The van der Waals surface area contributed by atoms with E-state index >= 15 is 0 Å². The Bertz CT molecular complexity index is 1260. The molecule has 0 radical (unpaired) electrons. The van der Waals surface area contributed by atoms with Gasteiger partial charge in [0, 0.05) is 44.6 Å². The van der Waals surface area contributed by atoms with Crippen LogP contribution in [0.1, 0.15) is 94.9 Å². The summed E-state index contributed by atoms with van der Waals surface area (Å²) >= 11 is 0. The molecule has 7 N–H and O–H groups in total. The molecule has 0 amide bonds. The van der Waals surface area contributed by atoms with Crippen molar-refractivity contribution in [3.8, 4) is 0 Å². The Morgan fingerprint density at radius 1 is 0.947 bits per heavy atom. The van der Waals surface area contributed by atoms with Gasteiger partial charge in [0.2, 0.25) is 0 Å². The fraction of sp³-hybridized carbons (Fsp3) is 0.976. The van der Waals surface area contributed by atoms with Crippen LogP contribution in [0.5, 0.6) is 0 Å². The third-order valence-electron chi connectivity index (χ3n) is 13.2. The van der Waals surface area contributed by atoms with Gasteiger partial charge in [-0.15, -0.1) is 0 Å². The molecule has 16 nitrogen and oxygen atoms in total. The molecule has 0 bridgehead atoms. The van der Waals surface area contributed by atoms with Crippen LogP contribution in [0, 0.1) is 17.8 Å². The lowest BCUT2D eigenvalue weighted by Gasteiger charge is -2.54.